The average molecular weight is 410 g/mol. The Hall–Kier alpha value is -2.23. The highest BCUT2D eigenvalue weighted by Gasteiger charge is 2.23. The van der Waals surface area contributed by atoms with Crippen LogP contribution in [0.3, 0.4) is 0 Å². The minimum Gasteiger partial charge on any atom is -0.271 e. The van der Waals surface area contributed by atoms with E-state index in [2.05, 4.69) is 15.6 Å². The van der Waals surface area contributed by atoms with Gasteiger partial charge in [-0.1, -0.05) is 39.0 Å². The Kier molecular flexibility index (Phi) is 6.40. The van der Waals surface area contributed by atoms with Gasteiger partial charge in [0.05, 0.1) is 15.8 Å². The molecule has 0 aliphatic rings. The van der Waals surface area contributed by atoms with Crippen molar-refractivity contribution in [1.29, 1.82) is 0 Å². The number of carbonyl (C=O) groups is 2. The summed E-state index contributed by atoms with van der Waals surface area (Å²) < 4.78 is 27.2. The Morgan fingerprint density at radius 3 is 2.19 bits per heavy atom. The minimum absolute atomic E-state index is 0.0674. The molecule has 2 rings (SSSR count). The molecule has 27 heavy (non-hydrogen) atoms. The van der Waals surface area contributed by atoms with Gasteiger partial charge in [-0.15, -0.1) is 11.3 Å². The van der Waals surface area contributed by atoms with Crippen molar-refractivity contribution in [1.82, 2.24) is 15.6 Å². The maximum atomic E-state index is 12.5. The van der Waals surface area contributed by atoms with Crippen molar-refractivity contribution in [2.45, 2.75) is 44.0 Å². The lowest BCUT2D eigenvalue weighted by molar-refractivity contribution is -0.123. The maximum absolute atomic E-state index is 12.5. The molecule has 0 aliphatic carbocycles. The molecule has 1 heterocycles. The number of rotatable bonds is 5. The Bertz CT molecular complexity index is 899. The fourth-order valence-corrected chi connectivity index (χ4v) is 4.01. The number of hydrogen-bond acceptors (Lipinski definition) is 5. The predicted octanol–water partition coefficient (Wildman–Crippen LogP) is 2.17. The van der Waals surface area contributed by atoms with Crippen molar-refractivity contribution in [3.05, 3.63) is 52.2 Å². The summed E-state index contributed by atoms with van der Waals surface area (Å²) in [7, 11) is -3.87. The summed E-state index contributed by atoms with van der Waals surface area (Å²) in [6.07, 6.45) is 0. The molecule has 2 aromatic rings. The zero-order valence-corrected chi connectivity index (χ0v) is 17.2. The molecule has 2 amide bonds. The molecule has 7 nitrogen and oxygen atoms in total. The Morgan fingerprint density at radius 2 is 1.67 bits per heavy atom. The summed E-state index contributed by atoms with van der Waals surface area (Å²) >= 11 is 1.23. The molecule has 0 radical (unpaired) electrons. The van der Waals surface area contributed by atoms with Crippen LogP contribution in [-0.2, 0) is 20.2 Å². The topological polar surface area (TPSA) is 104 Å². The molecule has 0 spiro atoms. The van der Waals surface area contributed by atoms with Crippen LogP contribution < -0.4 is 15.6 Å². The number of thiophene rings is 1. The van der Waals surface area contributed by atoms with Gasteiger partial charge in [-0.05, 0) is 41.5 Å². The van der Waals surface area contributed by atoms with Crippen LogP contribution in [0.2, 0.25) is 0 Å². The van der Waals surface area contributed by atoms with E-state index in [-0.39, 0.29) is 10.3 Å². The monoisotopic (exact) mass is 409 g/mol. The normalized spacial score (nSPS) is 13.0. The number of hydrazine groups is 1. The molecule has 0 aliphatic heterocycles. The molecule has 1 atom stereocenters. The lowest BCUT2D eigenvalue weighted by atomic mass is 9.87. The number of sulfonamides is 1. The maximum Gasteiger partial charge on any atom is 0.279 e. The molecule has 9 heteroatoms. The number of carbonyl (C=O) groups excluding carboxylic acids is 2. The summed E-state index contributed by atoms with van der Waals surface area (Å²) in [5.41, 5.74) is 5.38. The zero-order valence-electron chi connectivity index (χ0n) is 15.6. The first-order chi connectivity index (χ1) is 12.5. The first-order valence-electron chi connectivity index (χ1n) is 8.27. The van der Waals surface area contributed by atoms with Gasteiger partial charge in [-0.2, -0.15) is 4.72 Å². The van der Waals surface area contributed by atoms with E-state index in [4.69, 9.17) is 0 Å². The lowest BCUT2D eigenvalue weighted by Gasteiger charge is -2.19. The van der Waals surface area contributed by atoms with Crippen LogP contribution in [0.4, 0.5) is 0 Å². The van der Waals surface area contributed by atoms with Gasteiger partial charge in [-0.3, -0.25) is 20.4 Å². The van der Waals surface area contributed by atoms with Crippen molar-refractivity contribution >= 4 is 33.2 Å². The highest BCUT2D eigenvalue weighted by atomic mass is 32.2. The van der Waals surface area contributed by atoms with Crippen molar-refractivity contribution < 1.29 is 18.0 Å². The summed E-state index contributed by atoms with van der Waals surface area (Å²) in [4.78, 5) is 24.4. The molecule has 0 fully saturated rings. The predicted molar refractivity (Wildman–Crippen MR) is 105 cm³/mol. The second-order valence-electron chi connectivity index (χ2n) is 7.04. The smallest absolute Gasteiger partial charge is 0.271 e. The standard InChI is InChI=1S/C18H23N3O4S2/c1-12(16(22)19-20-17(23)15-6-5-11-26-15)21-27(24,25)14-9-7-13(8-10-14)18(2,3)4/h5-12,21H,1-4H3,(H,19,22)(H,20,23)/t12-/m0/s1. The molecular formula is C18H23N3O4S2. The molecular weight excluding hydrogens is 386 g/mol. The van der Waals surface area contributed by atoms with E-state index in [1.54, 1.807) is 29.6 Å². The van der Waals surface area contributed by atoms with Crippen LogP contribution in [0.1, 0.15) is 42.9 Å². The third-order valence-corrected chi connectivity index (χ3v) is 6.23. The summed E-state index contributed by atoms with van der Waals surface area (Å²) in [5.74, 6) is -1.14. The largest absolute Gasteiger partial charge is 0.279 e. The zero-order chi connectivity index (χ0) is 20.2. The molecule has 1 aromatic carbocycles. The van der Waals surface area contributed by atoms with Crippen LogP contribution in [0.15, 0.2) is 46.7 Å². The van der Waals surface area contributed by atoms with E-state index in [0.29, 0.717) is 4.88 Å². The van der Waals surface area contributed by atoms with Gasteiger partial charge < -0.3 is 0 Å². The molecule has 0 saturated carbocycles. The third kappa shape index (κ3) is 5.62. The summed E-state index contributed by atoms with van der Waals surface area (Å²) in [6, 6.07) is 8.77. The van der Waals surface area contributed by atoms with E-state index in [1.807, 2.05) is 20.8 Å². The van der Waals surface area contributed by atoms with Gasteiger partial charge in [-0.25, -0.2) is 8.42 Å². The van der Waals surface area contributed by atoms with Gasteiger partial charge in [0.2, 0.25) is 10.0 Å². The molecule has 146 valence electrons. The van der Waals surface area contributed by atoms with E-state index < -0.39 is 27.9 Å². The minimum atomic E-state index is -3.87. The van der Waals surface area contributed by atoms with Crippen LogP contribution in [0, 0.1) is 0 Å². The van der Waals surface area contributed by atoms with Crippen molar-refractivity contribution in [2.24, 2.45) is 0 Å². The second kappa shape index (κ2) is 8.20. The highest BCUT2D eigenvalue weighted by Crippen LogP contribution is 2.23. The van der Waals surface area contributed by atoms with E-state index >= 15 is 0 Å². The van der Waals surface area contributed by atoms with Crippen LogP contribution >= 0.6 is 11.3 Å². The SMILES string of the molecule is C[C@H](NS(=O)(=O)c1ccc(C(C)(C)C)cc1)C(=O)NNC(=O)c1cccs1. The second-order valence-corrected chi connectivity index (χ2v) is 9.70. The van der Waals surface area contributed by atoms with Crippen molar-refractivity contribution in [2.75, 3.05) is 0 Å². The molecule has 0 unspecified atom stereocenters. The van der Waals surface area contributed by atoms with Gasteiger partial charge in [0.25, 0.3) is 11.8 Å². The number of benzene rings is 1. The van der Waals surface area contributed by atoms with Gasteiger partial charge >= 0.3 is 0 Å². The number of amides is 2. The third-order valence-electron chi connectivity index (χ3n) is 3.80. The van der Waals surface area contributed by atoms with Gasteiger partial charge in [0, 0.05) is 0 Å². The molecule has 0 bridgehead atoms. The van der Waals surface area contributed by atoms with Crippen LogP contribution in [0.5, 0.6) is 0 Å². The van der Waals surface area contributed by atoms with E-state index in [9.17, 15) is 18.0 Å². The summed E-state index contributed by atoms with van der Waals surface area (Å²) in [6.45, 7) is 7.50. The quantitative estimate of drug-likeness (QED) is 0.658. The first-order valence-corrected chi connectivity index (χ1v) is 10.6. The number of hydrogen-bond donors (Lipinski definition) is 3. The van der Waals surface area contributed by atoms with E-state index in [1.165, 1.54) is 30.4 Å². The molecule has 0 saturated heterocycles. The summed E-state index contributed by atoms with van der Waals surface area (Å²) in [5, 5.41) is 1.73. The first kappa shape index (κ1) is 21.1. The Morgan fingerprint density at radius 1 is 1.04 bits per heavy atom. The Labute approximate surface area is 163 Å². The Balaban J connectivity index is 1.97. The molecule has 1 aromatic heterocycles. The fourth-order valence-electron chi connectivity index (χ4n) is 2.18. The number of nitrogens with one attached hydrogen (secondary N) is 3. The average Bonchev–Trinajstić information content (AvgIpc) is 3.13. The fraction of sp³-hybridized carbons (Fsp3) is 0.333. The molecule has 3 N–H and O–H groups in total. The van der Waals surface area contributed by atoms with Crippen molar-refractivity contribution in [3.8, 4) is 0 Å². The highest BCUT2D eigenvalue weighted by molar-refractivity contribution is 7.89. The lowest BCUT2D eigenvalue weighted by Crippen LogP contribution is -2.50. The van der Waals surface area contributed by atoms with E-state index in [0.717, 1.165) is 5.56 Å². The van der Waals surface area contributed by atoms with Crippen molar-refractivity contribution in [3.63, 3.8) is 0 Å². The van der Waals surface area contributed by atoms with Gasteiger partial charge in [0.15, 0.2) is 0 Å². The van der Waals surface area contributed by atoms with Gasteiger partial charge in [0.1, 0.15) is 0 Å². The van der Waals surface area contributed by atoms with Crippen LogP contribution in [-0.4, -0.2) is 26.3 Å². The van der Waals surface area contributed by atoms with Crippen LogP contribution in [0.25, 0.3) is 0 Å².